The molecule has 0 aliphatic rings. The first-order chi connectivity index (χ1) is 20.0. The van der Waals surface area contributed by atoms with Crippen LogP contribution in [0, 0.1) is 0 Å². The Labute approximate surface area is 249 Å². The molecule has 9 nitrogen and oxygen atoms in total. The summed E-state index contributed by atoms with van der Waals surface area (Å²) in [6, 6.07) is 10.1. The SMILES string of the molecule is CCCCCCCCNC(=O)c1cc(C(=O)CCCCCCCNC(=O)c2ccc(C(C)=O)cc2)cc(S(=O)(=O)O)c1. The molecular formula is C32H44N2O7S. The Bertz CT molecular complexity index is 1300. The Morgan fingerprint density at radius 2 is 1.12 bits per heavy atom. The van der Waals surface area contributed by atoms with E-state index in [0.29, 0.717) is 30.6 Å². The van der Waals surface area contributed by atoms with Crippen molar-refractivity contribution < 1.29 is 32.1 Å². The van der Waals surface area contributed by atoms with Crippen molar-refractivity contribution in [1.82, 2.24) is 10.6 Å². The molecule has 2 rings (SSSR count). The molecule has 0 aliphatic heterocycles. The molecule has 230 valence electrons. The molecule has 2 aromatic rings. The van der Waals surface area contributed by atoms with Crippen LogP contribution >= 0.6 is 0 Å². The van der Waals surface area contributed by atoms with E-state index in [-0.39, 0.29) is 35.0 Å². The van der Waals surface area contributed by atoms with Crippen LogP contribution in [0.2, 0.25) is 0 Å². The van der Waals surface area contributed by atoms with E-state index in [2.05, 4.69) is 17.6 Å². The number of nitrogens with one attached hydrogen (secondary N) is 2. The zero-order chi connectivity index (χ0) is 31.0. The summed E-state index contributed by atoms with van der Waals surface area (Å²) in [7, 11) is -4.60. The standard InChI is InChI=1S/C32H44N2O7S/c1-3-4-5-6-9-12-20-34-32(38)28-21-27(22-29(23-28)42(39,40)41)30(36)14-11-8-7-10-13-19-33-31(37)26-17-15-25(16-18-26)24(2)35/h15-18,21-23H,3-14,19-20H2,1-2H3,(H,33,37)(H,34,38)(H,39,40,41). The molecule has 2 aromatic carbocycles. The predicted molar refractivity (Wildman–Crippen MR) is 163 cm³/mol. The van der Waals surface area contributed by atoms with Crippen molar-refractivity contribution in [3.8, 4) is 0 Å². The van der Waals surface area contributed by atoms with E-state index in [9.17, 15) is 32.1 Å². The smallest absolute Gasteiger partial charge is 0.294 e. The summed E-state index contributed by atoms with van der Waals surface area (Å²) in [5.74, 6) is -1.03. The van der Waals surface area contributed by atoms with Crippen molar-refractivity contribution in [1.29, 1.82) is 0 Å². The van der Waals surface area contributed by atoms with Gasteiger partial charge < -0.3 is 10.6 Å². The molecule has 0 atom stereocenters. The molecule has 0 saturated carbocycles. The van der Waals surface area contributed by atoms with Gasteiger partial charge in [0.2, 0.25) is 0 Å². The van der Waals surface area contributed by atoms with Crippen LogP contribution in [0.4, 0.5) is 0 Å². The van der Waals surface area contributed by atoms with Gasteiger partial charge in [0.1, 0.15) is 0 Å². The number of Topliss-reactive ketones (excluding diaryl/α,β-unsaturated/α-hetero) is 2. The van der Waals surface area contributed by atoms with E-state index in [0.717, 1.165) is 69.9 Å². The van der Waals surface area contributed by atoms with Crippen molar-refractivity contribution in [2.45, 2.75) is 95.8 Å². The molecule has 0 bridgehead atoms. The summed E-state index contributed by atoms with van der Waals surface area (Å²) >= 11 is 0. The predicted octanol–water partition coefficient (Wildman–Crippen LogP) is 6.18. The normalized spacial score (nSPS) is 11.2. The minimum Gasteiger partial charge on any atom is -0.352 e. The van der Waals surface area contributed by atoms with Crippen LogP contribution in [0.1, 0.15) is 132 Å². The Morgan fingerprint density at radius 1 is 0.643 bits per heavy atom. The molecule has 2 amide bonds. The van der Waals surface area contributed by atoms with Crippen LogP contribution in [0.3, 0.4) is 0 Å². The number of benzene rings is 2. The second-order valence-electron chi connectivity index (χ2n) is 10.6. The number of unbranched alkanes of at least 4 members (excludes halogenated alkanes) is 9. The largest absolute Gasteiger partial charge is 0.352 e. The number of rotatable bonds is 20. The van der Waals surface area contributed by atoms with Gasteiger partial charge in [0, 0.05) is 41.8 Å². The van der Waals surface area contributed by atoms with Gasteiger partial charge in [-0.3, -0.25) is 23.7 Å². The first kappa shape index (κ1) is 34.8. The van der Waals surface area contributed by atoms with E-state index >= 15 is 0 Å². The molecule has 10 heteroatoms. The van der Waals surface area contributed by atoms with Crippen LogP contribution in [-0.4, -0.2) is 49.4 Å². The van der Waals surface area contributed by atoms with E-state index < -0.39 is 20.9 Å². The first-order valence-electron chi connectivity index (χ1n) is 14.9. The first-order valence-corrected chi connectivity index (χ1v) is 16.3. The summed E-state index contributed by atoms with van der Waals surface area (Å²) in [5, 5.41) is 5.62. The highest BCUT2D eigenvalue weighted by Crippen LogP contribution is 2.18. The Hall–Kier alpha value is -3.37. The monoisotopic (exact) mass is 600 g/mol. The van der Waals surface area contributed by atoms with Gasteiger partial charge in [-0.25, -0.2) is 0 Å². The lowest BCUT2D eigenvalue weighted by Gasteiger charge is -2.09. The third-order valence-corrected chi connectivity index (χ3v) is 7.86. The van der Waals surface area contributed by atoms with Gasteiger partial charge in [-0.05, 0) is 56.5 Å². The van der Waals surface area contributed by atoms with Crippen LogP contribution in [0.25, 0.3) is 0 Å². The van der Waals surface area contributed by atoms with E-state index in [4.69, 9.17) is 0 Å². The maximum Gasteiger partial charge on any atom is 0.294 e. The van der Waals surface area contributed by atoms with Gasteiger partial charge in [0.05, 0.1) is 4.90 Å². The highest BCUT2D eigenvalue weighted by Gasteiger charge is 2.18. The molecule has 0 heterocycles. The minimum atomic E-state index is -4.60. The summed E-state index contributed by atoms with van der Waals surface area (Å²) < 4.78 is 33.1. The number of ketones is 2. The molecule has 0 unspecified atom stereocenters. The number of hydrogen-bond donors (Lipinski definition) is 3. The molecule has 42 heavy (non-hydrogen) atoms. The molecule has 0 saturated heterocycles. The molecule has 0 radical (unpaired) electrons. The van der Waals surface area contributed by atoms with Crippen molar-refractivity contribution >= 4 is 33.5 Å². The molecule has 0 aliphatic carbocycles. The Morgan fingerprint density at radius 3 is 1.67 bits per heavy atom. The Balaban J connectivity index is 1.75. The lowest BCUT2D eigenvalue weighted by atomic mass is 10.0. The molecule has 0 fully saturated rings. The number of carbonyl (C=O) groups is 4. The molecular weight excluding hydrogens is 556 g/mol. The van der Waals surface area contributed by atoms with Crippen molar-refractivity contribution in [3.63, 3.8) is 0 Å². The zero-order valence-electron chi connectivity index (χ0n) is 24.7. The van der Waals surface area contributed by atoms with Gasteiger partial charge in [0.25, 0.3) is 21.9 Å². The van der Waals surface area contributed by atoms with Crippen molar-refractivity contribution in [2.75, 3.05) is 13.1 Å². The van der Waals surface area contributed by atoms with E-state index in [1.807, 2.05) is 0 Å². The fraction of sp³-hybridized carbons (Fsp3) is 0.500. The maximum absolute atomic E-state index is 12.8. The van der Waals surface area contributed by atoms with Crippen LogP contribution in [-0.2, 0) is 10.1 Å². The van der Waals surface area contributed by atoms with Crippen molar-refractivity contribution in [3.05, 3.63) is 64.7 Å². The molecule has 0 spiro atoms. The number of amides is 2. The maximum atomic E-state index is 12.8. The molecule has 3 N–H and O–H groups in total. The van der Waals surface area contributed by atoms with Gasteiger partial charge in [0.15, 0.2) is 11.6 Å². The molecule has 0 aromatic heterocycles. The highest BCUT2D eigenvalue weighted by molar-refractivity contribution is 7.85. The lowest BCUT2D eigenvalue weighted by Crippen LogP contribution is -2.25. The fourth-order valence-electron chi connectivity index (χ4n) is 4.49. The summed E-state index contributed by atoms with van der Waals surface area (Å²) in [6.45, 7) is 4.58. The second-order valence-corrected chi connectivity index (χ2v) is 12.0. The van der Waals surface area contributed by atoms with Gasteiger partial charge in [-0.2, -0.15) is 8.42 Å². The third kappa shape index (κ3) is 12.7. The van der Waals surface area contributed by atoms with Crippen LogP contribution < -0.4 is 10.6 Å². The van der Waals surface area contributed by atoms with E-state index in [1.54, 1.807) is 24.3 Å². The third-order valence-electron chi connectivity index (χ3n) is 7.02. The van der Waals surface area contributed by atoms with E-state index in [1.165, 1.54) is 19.4 Å². The lowest BCUT2D eigenvalue weighted by molar-refractivity contribution is 0.0943. The van der Waals surface area contributed by atoms with Crippen molar-refractivity contribution in [2.24, 2.45) is 0 Å². The topological polar surface area (TPSA) is 147 Å². The zero-order valence-corrected chi connectivity index (χ0v) is 25.6. The van der Waals surface area contributed by atoms with Crippen LogP contribution in [0.15, 0.2) is 47.4 Å². The fourth-order valence-corrected chi connectivity index (χ4v) is 5.05. The summed E-state index contributed by atoms with van der Waals surface area (Å²) in [5.41, 5.74) is 1.15. The average molecular weight is 601 g/mol. The minimum absolute atomic E-state index is 0.0244. The number of hydrogen-bond acceptors (Lipinski definition) is 6. The number of carbonyl (C=O) groups excluding carboxylic acids is 4. The Kier molecular flexibility index (Phi) is 15.1. The van der Waals surface area contributed by atoms with Gasteiger partial charge in [-0.1, -0.05) is 70.4 Å². The average Bonchev–Trinajstić information content (AvgIpc) is 2.97. The summed E-state index contributed by atoms with van der Waals surface area (Å²) in [6.07, 6.45) is 10.4. The van der Waals surface area contributed by atoms with Gasteiger partial charge >= 0.3 is 0 Å². The van der Waals surface area contributed by atoms with Crippen LogP contribution in [0.5, 0.6) is 0 Å². The summed E-state index contributed by atoms with van der Waals surface area (Å²) in [4.78, 5) is 48.5. The highest BCUT2D eigenvalue weighted by atomic mass is 32.2. The van der Waals surface area contributed by atoms with Gasteiger partial charge in [-0.15, -0.1) is 0 Å². The second kappa shape index (κ2) is 18.2. The quantitative estimate of drug-likeness (QED) is 0.0934.